The zero-order valence-corrected chi connectivity index (χ0v) is 10.1. The van der Waals surface area contributed by atoms with E-state index in [1.165, 1.54) is 18.5 Å². The van der Waals surface area contributed by atoms with Gasteiger partial charge >= 0.3 is 0 Å². The molecule has 0 aliphatic heterocycles. The highest BCUT2D eigenvalue weighted by atomic mass is 16.3. The Morgan fingerprint density at radius 2 is 2.31 bits per heavy atom. The van der Waals surface area contributed by atoms with E-state index in [0.29, 0.717) is 12.5 Å². The van der Waals surface area contributed by atoms with Gasteiger partial charge in [-0.05, 0) is 38.2 Å². The van der Waals surface area contributed by atoms with E-state index < -0.39 is 0 Å². The summed E-state index contributed by atoms with van der Waals surface area (Å²) in [4.78, 5) is 0. The molecule has 0 radical (unpaired) electrons. The van der Waals surface area contributed by atoms with Gasteiger partial charge in [0, 0.05) is 24.7 Å². The maximum Gasteiger partial charge on any atom is 0.0596 e. The van der Waals surface area contributed by atoms with Crippen molar-refractivity contribution in [2.24, 2.45) is 24.1 Å². The third-order valence-electron chi connectivity index (χ3n) is 3.80. The fourth-order valence-electron chi connectivity index (χ4n) is 2.52. The van der Waals surface area contributed by atoms with Crippen molar-refractivity contribution in [2.45, 2.75) is 26.2 Å². The zero-order chi connectivity index (χ0) is 11.8. The quantitative estimate of drug-likeness (QED) is 0.769. The molecule has 0 aromatic carbocycles. The number of nitrogens with zero attached hydrogens (tertiary/aromatic N) is 2. The van der Waals surface area contributed by atoms with Crippen LogP contribution in [0.5, 0.6) is 0 Å². The number of rotatable bonds is 5. The van der Waals surface area contributed by atoms with Gasteiger partial charge in [0.15, 0.2) is 0 Å². The lowest BCUT2D eigenvalue weighted by Crippen LogP contribution is -2.39. The lowest BCUT2D eigenvalue weighted by molar-refractivity contribution is 0.107. The minimum absolute atomic E-state index is 0.125. The first-order chi connectivity index (χ1) is 7.61. The Kier molecular flexibility index (Phi) is 3.04. The lowest BCUT2D eigenvalue weighted by atomic mass is 9.79. The first kappa shape index (κ1) is 11.6. The summed E-state index contributed by atoms with van der Waals surface area (Å²) in [5, 5.41) is 14.0. The molecule has 3 N–H and O–H groups in total. The van der Waals surface area contributed by atoms with Crippen molar-refractivity contribution >= 4 is 0 Å². The van der Waals surface area contributed by atoms with E-state index in [-0.39, 0.29) is 12.0 Å². The molecule has 1 aromatic rings. The molecule has 1 heterocycles. The van der Waals surface area contributed by atoms with Crippen LogP contribution in [0.1, 0.15) is 24.2 Å². The Bertz CT molecular complexity index is 364. The van der Waals surface area contributed by atoms with E-state index in [9.17, 15) is 5.11 Å². The predicted molar refractivity (Wildman–Crippen MR) is 62.9 cm³/mol. The molecule has 0 saturated heterocycles. The maximum atomic E-state index is 9.64. The van der Waals surface area contributed by atoms with Crippen molar-refractivity contribution in [1.29, 1.82) is 0 Å². The number of nitrogens with two attached hydrogens (primary N) is 1. The highest BCUT2D eigenvalue weighted by molar-refractivity contribution is 5.13. The van der Waals surface area contributed by atoms with Crippen molar-refractivity contribution in [2.75, 3.05) is 13.2 Å². The highest BCUT2D eigenvalue weighted by Crippen LogP contribution is 2.46. The van der Waals surface area contributed by atoms with Gasteiger partial charge in [-0.15, -0.1) is 0 Å². The van der Waals surface area contributed by atoms with Crippen molar-refractivity contribution in [3.8, 4) is 0 Å². The minimum Gasteiger partial charge on any atom is -0.396 e. The second-order valence-corrected chi connectivity index (χ2v) is 5.08. The number of aryl methyl sites for hydroxylation is 2. The lowest BCUT2D eigenvalue weighted by Gasteiger charge is -2.30. The molecule has 1 atom stereocenters. The van der Waals surface area contributed by atoms with Crippen molar-refractivity contribution in [1.82, 2.24) is 9.78 Å². The van der Waals surface area contributed by atoms with Gasteiger partial charge in [0.2, 0.25) is 0 Å². The Morgan fingerprint density at radius 1 is 1.62 bits per heavy atom. The Morgan fingerprint density at radius 3 is 2.69 bits per heavy atom. The fourth-order valence-corrected chi connectivity index (χ4v) is 2.52. The summed E-state index contributed by atoms with van der Waals surface area (Å²) in [5.74, 6) is 0.595. The average Bonchev–Trinajstić information content (AvgIpc) is 3.04. The fraction of sp³-hybridized carbons (Fsp3) is 0.750. The molecule has 4 nitrogen and oxygen atoms in total. The first-order valence-corrected chi connectivity index (χ1v) is 5.92. The summed E-state index contributed by atoms with van der Waals surface area (Å²) < 4.78 is 1.90. The third-order valence-corrected chi connectivity index (χ3v) is 3.80. The molecule has 1 aliphatic rings. The smallest absolute Gasteiger partial charge is 0.0596 e. The third kappa shape index (κ3) is 1.99. The number of hydrogen-bond acceptors (Lipinski definition) is 3. The van der Waals surface area contributed by atoms with Gasteiger partial charge in [0.1, 0.15) is 0 Å². The van der Waals surface area contributed by atoms with E-state index in [1.807, 2.05) is 18.7 Å². The predicted octanol–water partition coefficient (Wildman–Crippen LogP) is 0.618. The van der Waals surface area contributed by atoms with Crippen LogP contribution in [-0.4, -0.2) is 28.0 Å². The molecule has 16 heavy (non-hydrogen) atoms. The molecule has 1 fully saturated rings. The molecule has 90 valence electrons. The molecular formula is C12H21N3O. The van der Waals surface area contributed by atoms with Gasteiger partial charge in [-0.1, -0.05) is 0 Å². The number of aliphatic hydroxyl groups excluding tert-OH is 1. The molecule has 0 bridgehead atoms. The second-order valence-electron chi connectivity index (χ2n) is 5.08. The van der Waals surface area contributed by atoms with Crippen molar-refractivity contribution in [3.05, 3.63) is 17.5 Å². The van der Waals surface area contributed by atoms with Crippen LogP contribution in [0.3, 0.4) is 0 Å². The molecule has 0 spiro atoms. The van der Waals surface area contributed by atoms with Crippen LogP contribution in [0.2, 0.25) is 0 Å². The van der Waals surface area contributed by atoms with Crippen LogP contribution >= 0.6 is 0 Å². The molecule has 1 aromatic heterocycles. The Labute approximate surface area is 96.5 Å². The van der Waals surface area contributed by atoms with Gasteiger partial charge < -0.3 is 10.8 Å². The highest BCUT2D eigenvalue weighted by Gasteiger charge is 2.44. The summed E-state index contributed by atoms with van der Waals surface area (Å²) in [6.07, 6.45) is 3.24. The zero-order valence-electron chi connectivity index (χ0n) is 10.1. The van der Waals surface area contributed by atoms with Gasteiger partial charge in [-0.3, -0.25) is 4.68 Å². The molecule has 4 heteroatoms. The number of aromatic nitrogens is 2. The summed E-state index contributed by atoms with van der Waals surface area (Å²) in [5.41, 5.74) is 7.94. The van der Waals surface area contributed by atoms with Crippen molar-refractivity contribution < 1.29 is 5.11 Å². The van der Waals surface area contributed by atoms with Crippen LogP contribution in [0.4, 0.5) is 0 Å². The summed E-state index contributed by atoms with van der Waals surface area (Å²) in [6.45, 7) is 2.72. The standard InChI is InChI=1S/C12H21N3O/c1-9-5-11(15(2)14-9)6-12(7-13,8-16)10-3-4-10/h5,10,16H,3-4,6-8,13H2,1-2H3. The van der Waals surface area contributed by atoms with Crippen LogP contribution in [0, 0.1) is 18.3 Å². The normalized spacial score (nSPS) is 19.8. The monoisotopic (exact) mass is 223 g/mol. The Hall–Kier alpha value is -0.870. The average molecular weight is 223 g/mol. The van der Waals surface area contributed by atoms with E-state index in [1.54, 1.807) is 0 Å². The summed E-state index contributed by atoms with van der Waals surface area (Å²) in [7, 11) is 1.95. The first-order valence-electron chi connectivity index (χ1n) is 5.92. The van der Waals surface area contributed by atoms with Gasteiger partial charge in [0.25, 0.3) is 0 Å². The SMILES string of the molecule is Cc1cc(CC(CN)(CO)C2CC2)n(C)n1. The number of aliphatic hydroxyl groups is 1. The summed E-state index contributed by atoms with van der Waals surface area (Å²) >= 11 is 0. The second kappa shape index (κ2) is 4.18. The van der Waals surface area contributed by atoms with Crippen LogP contribution in [0.25, 0.3) is 0 Å². The molecule has 1 saturated carbocycles. The maximum absolute atomic E-state index is 9.64. The van der Waals surface area contributed by atoms with E-state index >= 15 is 0 Å². The van der Waals surface area contributed by atoms with Gasteiger partial charge in [0.05, 0.1) is 12.3 Å². The Balaban J connectivity index is 2.19. The largest absolute Gasteiger partial charge is 0.396 e. The van der Waals surface area contributed by atoms with Crippen LogP contribution < -0.4 is 5.73 Å². The van der Waals surface area contributed by atoms with Gasteiger partial charge in [-0.25, -0.2) is 0 Å². The van der Waals surface area contributed by atoms with E-state index in [4.69, 9.17) is 5.73 Å². The molecule has 1 aliphatic carbocycles. The molecule has 1 unspecified atom stereocenters. The van der Waals surface area contributed by atoms with Crippen molar-refractivity contribution in [3.63, 3.8) is 0 Å². The van der Waals surface area contributed by atoms with E-state index in [0.717, 1.165) is 12.1 Å². The van der Waals surface area contributed by atoms with Crippen LogP contribution in [0.15, 0.2) is 6.07 Å². The van der Waals surface area contributed by atoms with E-state index in [2.05, 4.69) is 11.2 Å². The molecule has 0 amide bonds. The topological polar surface area (TPSA) is 64.1 Å². The summed E-state index contributed by atoms with van der Waals surface area (Å²) in [6, 6.07) is 2.09. The number of hydrogen-bond donors (Lipinski definition) is 2. The minimum atomic E-state index is -0.125. The van der Waals surface area contributed by atoms with Gasteiger partial charge in [-0.2, -0.15) is 5.10 Å². The molecular weight excluding hydrogens is 202 g/mol. The molecule has 2 rings (SSSR count). The van der Waals surface area contributed by atoms with Crippen LogP contribution in [-0.2, 0) is 13.5 Å².